The Labute approximate surface area is 163 Å². The highest BCUT2D eigenvalue weighted by Crippen LogP contribution is 2.21. The van der Waals surface area contributed by atoms with Gasteiger partial charge in [-0.25, -0.2) is 0 Å². The van der Waals surface area contributed by atoms with Crippen LogP contribution in [0.15, 0.2) is 97.1 Å². The zero-order valence-corrected chi connectivity index (χ0v) is 15.2. The van der Waals surface area contributed by atoms with Crippen molar-refractivity contribution in [3.63, 3.8) is 0 Å². The lowest BCUT2D eigenvalue weighted by Crippen LogP contribution is -2.08. The molecule has 4 heteroatoms. The standard InChI is InChI=1S/C24H20N2O2/c25-21(15-23(27)17-9-3-1-4-10-17)19-13-7-8-14-20(19)22(26)16-24(28)18-11-5-2-6-12-18/h1-16H,25-26H2/b21-15-,22-16-. The van der Waals surface area contributed by atoms with Gasteiger partial charge in [0.25, 0.3) is 0 Å². The van der Waals surface area contributed by atoms with Gasteiger partial charge in [-0.15, -0.1) is 0 Å². The maximum absolute atomic E-state index is 12.4. The fourth-order valence-corrected chi connectivity index (χ4v) is 2.80. The molecule has 0 saturated heterocycles. The Balaban J connectivity index is 1.92. The van der Waals surface area contributed by atoms with E-state index in [-0.39, 0.29) is 23.0 Å². The van der Waals surface area contributed by atoms with Gasteiger partial charge in [-0.05, 0) is 0 Å². The number of ketones is 2. The monoisotopic (exact) mass is 368 g/mol. The molecule has 4 N–H and O–H groups in total. The third-order valence-corrected chi connectivity index (χ3v) is 4.24. The van der Waals surface area contributed by atoms with Gasteiger partial charge in [-0.1, -0.05) is 84.9 Å². The van der Waals surface area contributed by atoms with E-state index in [0.717, 1.165) is 0 Å². The summed E-state index contributed by atoms with van der Waals surface area (Å²) >= 11 is 0. The van der Waals surface area contributed by atoms with Crippen LogP contribution in [0.5, 0.6) is 0 Å². The van der Waals surface area contributed by atoms with E-state index in [1.54, 1.807) is 72.8 Å². The van der Waals surface area contributed by atoms with E-state index < -0.39 is 0 Å². The second-order valence-electron chi connectivity index (χ2n) is 6.21. The van der Waals surface area contributed by atoms with E-state index in [2.05, 4.69) is 0 Å². The summed E-state index contributed by atoms with van der Waals surface area (Å²) in [6, 6.07) is 24.9. The Kier molecular flexibility index (Phi) is 5.82. The van der Waals surface area contributed by atoms with Gasteiger partial charge < -0.3 is 11.5 Å². The molecule has 0 unspecified atom stereocenters. The minimum atomic E-state index is -0.198. The van der Waals surface area contributed by atoms with E-state index in [0.29, 0.717) is 22.3 Å². The van der Waals surface area contributed by atoms with Gasteiger partial charge in [0.1, 0.15) is 0 Å². The lowest BCUT2D eigenvalue weighted by molar-refractivity contribution is 0.103. The molecule has 0 aromatic heterocycles. The molecule has 4 nitrogen and oxygen atoms in total. The van der Waals surface area contributed by atoms with Crippen LogP contribution in [0.4, 0.5) is 0 Å². The van der Waals surface area contributed by atoms with E-state index in [9.17, 15) is 9.59 Å². The van der Waals surface area contributed by atoms with Crippen LogP contribution in [0.3, 0.4) is 0 Å². The van der Waals surface area contributed by atoms with Crippen LogP contribution in [-0.2, 0) is 0 Å². The number of allylic oxidation sites excluding steroid dienone is 2. The van der Waals surface area contributed by atoms with Crippen molar-refractivity contribution in [1.82, 2.24) is 0 Å². The van der Waals surface area contributed by atoms with Crippen LogP contribution in [0.25, 0.3) is 11.4 Å². The van der Waals surface area contributed by atoms with E-state index >= 15 is 0 Å². The maximum atomic E-state index is 12.4. The first-order valence-corrected chi connectivity index (χ1v) is 8.79. The summed E-state index contributed by atoms with van der Waals surface area (Å²) in [6.45, 7) is 0. The van der Waals surface area contributed by atoms with Crippen molar-refractivity contribution in [3.8, 4) is 0 Å². The fourth-order valence-electron chi connectivity index (χ4n) is 2.80. The number of hydrogen-bond donors (Lipinski definition) is 2. The minimum Gasteiger partial charge on any atom is -0.398 e. The maximum Gasteiger partial charge on any atom is 0.187 e. The summed E-state index contributed by atoms with van der Waals surface area (Å²) in [7, 11) is 0. The Morgan fingerprint density at radius 2 is 0.857 bits per heavy atom. The molecule has 28 heavy (non-hydrogen) atoms. The molecule has 138 valence electrons. The van der Waals surface area contributed by atoms with Gasteiger partial charge in [-0.2, -0.15) is 0 Å². The second kappa shape index (κ2) is 8.64. The Morgan fingerprint density at radius 1 is 0.536 bits per heavy atom. The number of carbonyl (C=O) groups excluding carboxylic acids is 2. The van der Waals surface area contributed by atoms with Crippen molar-refractivity contribution in [2.45, 2.75) is 0 Å². The van der Waals surface area contributed by atoms with E-state index in [4.69, 9.17) is 11.5 Å². The zero-order chi connectivity index (χ0) is 19.9. The largest absolute Gasteiger partial charge is 0.398 e. The van der Waals surface area contributed by atoms with Gasteiger partial charge in [-0.3, -0.25) is 9.59 Å². The van der Waals surface area contributed by atoms with Crippen molar-refractivity contribution in [2.75, 3.05) is 0 Å². The molecular formula is C24H20N2O2. The summed E-state index contributed by atoms with van der Waals surface area (Å²) in [5.41, 5.74) is 15.2. The first-order chi connectivity index (χ1) is 13.6. The van der Waals surface area contributed by atoms with Crippen LogP contribution in [0.1, 0.15) is 31.8 Å². The zero-order valence-electron chi connectivity index (χ0n) is 15.2. The molecule has 0 aliphatic rings. The quantitative estimate of drug-likeness (QED) is 0.508. The smallest absolute Gasteiger partial charge is 0.187 e. The lowest BCUT2D eigenvalue weighted by Gasteiger charge is -2.10. The van der Waals surface area contributed by atoms with Crippen molar-refractivity contribution in [3.05, 3.63) is 119 Å². The van der Waals surface area contributed by atoms with Crippen molar-refractivity contribution in [1.29, 1.82) is 0 Å². The fraction of sp³-hybridized carbons (Fsp3) is 0. The van der Waals surface area contributed by atoms with Crippen LogP contribution in [0.2, 0.25) is 0 Å². The summed E-state index contributed by atoms with van der Waals surface area (Å²) in [4.78, 5) is 24.8. The number of rotatable bonds is 6. The van der Waals surface area contributed by atoms with Gasteiger partial charge in [0.05, 0.1) is 0 Å². The normalized spacial score (nSPS) is 11.9. The molecule has 0 radical (unpaired) electrons. The average Bonchev–Trinajstić information content (AvgIpc) is 2.74. The third-order valence-electron chi connectivity index (χ3n) is 4.24. The molecule has 0 fully saturated rings. The van der Waals surface area contributed by atoms with Crippen molar-refractivity contribution in [2.24, 2.45) is 11.5 Å². The third kappa shape index (κ3) is 4.43. The highest BCUT2D eigenvalue weighted by molar-refractivity contribution is 6.10. The molecule has 3 rings (SSSR count). The van der Waals surface area contributed by atoms with Crippen LogP contribution < -0.4 is 11.5 Å². The topological polar surface area (TPSA) is 86.2 Å². The minimum absolute atomic E-state index is 0.198. The SMILES string of the molecule is N/C(=C\C(=O)c1ccccc1)c1ccccc1/C(N)=C/C(=O)c1ccccc1. The van der Waals surface area contributed by atoms with Gasteiger partial charge >= 0.3 is 0 Å². The second-order valence-corrected chi connectivity index (χ2v) is 6.21. The Bertz CT molecular complexity index is 966. The van der Waals surface area contributed by atoms with Gasteiger partial charge in [0.15, 0.2) is 11.6 Å². The van der Waals surface area contributed by atoms with Gasteiger partial charge in [0.2, 0.25) is 0 Å². The number of nitrogens with two attached hydrogens (primary N) is 2. The molecule has 3 aromatic rings. The Hall–Kier alpha value is -3.92. The molecule has 0 saturated carbocycles. The number of benzene rings is 3. The first kappa shape index (κ1) is 18.9. The molecule has 0 heterocycles. The van der Waals surface area contributed by atoms with Crippen LogP contribution in [0, 0.1) is 0 Å². The summed E-state index contributed by atoms with van der Waals surface area (Å²) in [5, 5.41) is 0. The summed E-state index contributed by atoms with van der Waals surface area (Å²) in [6.07, 6.45) is 2.75. The Morgan fingerprint density at radius 3 is 1.21 bits per heavy atom. The molecule has 3 aromatic carbocycles. The molecule has 0 aliphatic carbocycles. The van der Waals surface area contributed by atoms with Crippen molar-refractivity contribution >= 4 is 23.0 Å². The molecule has 0 atom stereocenters. The molecular weight excluding hydrogens is 348 g/mol. The van der Waals surface area contributed by atoms with E-state index in [1.807, 2.05) is 12.1 Å². The number of hydrogen-bond acceptors (Lipinski definition) is 4. The van der Waals surface area contributed by atoms with Crippen molar-refractivity contribution < 1.29 is 9.59 Å². The van der Waals surface area contributed by atoms with Crippen LogP contribution in [-0.4, -0.2) is 11.6 Å². The van der Waals surface area contributed by atoms with Gasteiger partial charge in [0, 0.05) is 45.8 Å². The average molecular weight is 368 g/mol. The number of carbonyl (C=O) groups is 2. The summed E-state index contributed by atoms with van der Waals surface area (Å²) < 4.78 is 0. The van der Waals surface area contributed by atoms with Crippen LogP contribution >= 0.6 is 0 Å². The highest BCUT2D eigenvalue weighted by Gasteiger charge is 2.11. The lowest BCUT2D eigenvalue weighted by atomic mass is 9.99. The molecule has 0 bridgehead atoms. The first-order valence-electron chi connectivity index (χ1n) is 8.79. The predicted molar refractivity (Wildman–Crippen MR) is 112 cm³/mol. The summed E-state index contributed by atoms with van der Waals surface area (Å²) in [5.74, 6) is -0.397. The van der Waals surface area contributed by atoms with E-state index in [1.165, 1.54) is 12.2 Å². The predicted octanol–water partition coefficient (Wildman–Crippen LogP) is 4.05. The molecule has 0 amide bonds. The molecule has 0 spiro atoms. The molecule has 0 aliphatic heterocycles. The highest BCUT2D eigenvalue weighted by atomic mass is 16.1.